The van der Waals surface area contributed by atoms with Crippen molar-refractivity contribution < 1.29 is 9.21 Å². The Morgan fingerprint density at radius 2 is 1.61 bits per heavy atom. The lowest BCUT2D eigenvalue weighted by Gasteiger charge is -2.07. The largest absolute Gasteiger partial charge is 0.457 e. The molecule has 1 aromatic heterocycles. The van der Waals surface area contributed by atoms with Crippen LogP contribution in [0.15, 0.2) is 65.1 Å². The summed E-state index contributed by atoms with van der Waals surface area (Å²) in [6, 6.07) is 15.6. The molecule has 8 heteroatoms. The van der Waals surface area contributed by atoms with E-state index in [0.717, 1.165) is 11.3 Å². The van der Waals surface area contributed by atoms with Crippen molar-refractivity contribution in [2.45, 2.75) is 0 Å². The molecule has 142 valence electrons. The van der Waals surface area contributed by atoms with Gasteiger partial charge in [-0.25, -0.2) is 0 Å². The maximum absolute atomic E-state index is 12.0. The lowest BCUT2D eigenvalue weighted by Crippen LogP contribution is -2.32. The second-order valence-electron chi connectivity index (χ2n) is 5.64. The summed E-state index contributed by atoms with van der Waals surface area (Å²) < 4.78 is 5.70. The second-order valence-corrected chi connectivity index (χ2v) is 7.36. The molecule has 2 N–H and O–H groups in total. The number of nitrogens with one attached hydrogen (secondary N) is 2. The minimum Gasteiger partial charge on any atom is -0.457 e. The third kappa shape index (κ3) is 5.84. The Kier molecular flexibility index (Phi) is 6.75. The van der Waals surface area contributed by atoms with Crippen molar-refractivity contribution in [3.63, 3.8) is 0 Å². The van der Waals surface area contributed by atoms with Crippen LogP contribution in [0, 0.1) is 0 Å². The molecule has 0 atom stereocenters. The fourth-order valence-electron chi connectivity index (χ4n) is 2.30. The van der Waals surface area contributed by atoms with E-state index < -0.39 is 5.91 Å². The number of halogens is 3. The molecule has 0 bridgehead atoms. The van der Waals surface area contributed by atoms with Gasteiger partial charge in [-0.05, 0) is 72.9 Å². The number of thiocarbonyl (C=S) groups is 1. The number of hydrogen-bond acceptors (Lipinski definition) is 3. The highest BCUT2D eigenvalue weighted by molar-refractivity contribution is 7.80. The molecular formula is C20H13Cl3N2O2S. The van der Waals surface area contributed by atoms with Gasteiger partial charge in [-0.1, -0.05) is 34.8 Å². The summed E-state index contributed by atoms with van der Waals surface area (Å²) in [4.78, 5) is 12.0. The van der Waals surface area contributed by atoms with E-state index in [0.29, 0.717) is 26.6 Å². The predicted octanol–water partition coefficient (Wildman–Crippen LogP) is 6.43. The smallest absolute Gasteiger partial charge is 0.250 e. The first-order chi connectivity index (χ1) is 13.4. The summed E-state index contributed by atoms with van der Waals surface area (Å²) in [7, 11) is 0. The number of carbonyl (C=O) groups is 1. The van der Waals surface area contributed by atoms with Crippen LogP contribution < -0.4 is 10.6 Å². The van der Waals surface area contributed by atoms with Gasteiger partial charge in [-0.2, -0.15) is 0 Å². The molecule has 3 rings (SSSR count). The SMILES string of the molecule is O=C(/C=C/c1ccc(-c2cc(Cl)cc(Cl)c2)o1)NC(=S)Nc1ccc(Cl)cc1. The Labute approximate surface area is 182 Å². The monoisotopic (exact) mass is 450 g/mol. The lowest BCUT2D eigenvalue weighted by molar-refractivity contribution is -0.115. The standard InChI is InChI=1S/C20H13Cl3N2O2S/c21-13-1-3-16(4-2-13)24-20(28)25-19(26)8-6-17-5-7-18(27-17)12-9-14(22)11-15(23)10-12/h1-11H,(H2,24,25,26,28)/b8-6+. The molecule has 0 radical (unpaired) electrons. The predicted molar refractivity (Wildman–Crippen MR) is 119 cm³/mol. The quantitative estimate of drug-likeness (QED) is 0.354. The molecule has 28 heavy (non-hydrogen) atoms. The molecule has 3 aromatic rings. The van der Waals surface area contributed by atoms with E-state index in [9.17, 15) is 4.79 Å². The van der Waals surface area contributed by atoms with E-state index in [1.165, 1.54) is 12.2 Å². The van der Waals surface area contributed by atoms with Crippen LogP contribution in [-0.2, 0) is 4.79 Å². The van der Waals surface area contributed by atoms with Gasteiger partial charge in [0.2, 0.25) is 5.91 Å². The van der Waals surface area contributed by atoms with Crippen LogP contribution in [0.1, 0.15) is 5.76 Å². The van der Waals surface area contributed by atoms with Gasteiger partial charge in [0, 0.05) is 32.4 Å². The molecule has 1 amide bonds. The molecule has 0 aliphatic carbocycles. The number of carbonyl (C=O) groups excluding carboxylic acids is 1. The highest BCUT2D eigenvalue weighted by Gasteiger charge is 2.07. The number of anilines is 1. The van der Waals surface area contributed by atoms with E-state index in [4.69, 9.17) is 51.4 Å². The van der Waals surface area contributed by atoms with Crippen molar-refractivity contribution in [3.05, 3.63) is 81.5 Å². The number of hydrogen-bond donors (Lipinski definition) is 2. The van der Waals surface area contributed by atoms with Gasteiger partial charge in [0.15, 0.2) is 5.11 Å². The van der Waals surface area contributed by atoms with Crippen molar-refractivity contribution in [1.29, 1.82) is 0 Å². The number of rotatable bonds is 4. The molecule has 2 aromatic carbocycles. The number of amides is 1. The van der Waals surface area contributed by atoms with Gasteiger partial charge >= 0.3 is 0 Å². The van der Waals surface area contributed by atoms with Crippen LogP contribution in [-0.4, -0.2) is 11.0 Å². The van der Waals surface area contributed by atoms with Crippen LogP contribution >= 0.6 is 47.0 Å². The van der Waals surface area contributed by atoms with Crippen LogP contribution in [0.25, 0.3) is 17.4 Å². The first-order valence-corrected chi connectivity index (χ1v) is 9.55. The van der Waals surface area contributed by atoms with E-state index in [2.05, 4.69) is 10.6 Å². The van der Waals surface area contributed by atoms with E-state index in [1.54, 1.807) is 54.6 Å². The molecule has 4 nitrogen and oxygen atoms in total. The van der Waals surface area contributed by atoms with E-state index >= 15 is 0 Å². The molecule has 0 aliphatic rings. The maximum Gasteiger partial charge on any atom is 0.250 e. The van der Waals surface area contributed by atoms with Crippen molar-refractivity contribution in [2.75, 3.05) is 5.32 Å². The van der Waals surface area contributed by atoms with Gasteiger partial charge in [0.1, 0.15) is 11.5 Å². The third-order valence-electron chi connectivity index (χ3n) is 3.51. The van der Waals surface area contributed by atoms with Gasteiger partial charge in [0.25, 0.3) is 0 Å². The first kappa shape index (κ1) is 20.4. The molecule has 0 fully saturated rings. The zero-order valence-corrected chi connectivity index (χ0v) is 17.3. The van der Waals surface area contributed by atoms with Crippen LogP contribution in [0.4, 0.5) is 5.69 Å². The topological polar surface area (TPSA) is 54.3 Å². The number of furan rings is 1. The summed E-state index contributed by atoms with van der Waals surface area (Å²) in [6.45, 7) is 0. The summed E-state index contributed by atoms with van der Waals surface area (Å²) >= 11 is 22.9. The third-order valence-corrected chi connectivity index (χ3v) is 4.40. The maximum atomic E-state index is 12.0. The molecule has 0 saturated carbocycles. The second kappa shape index (κ2) is 9.26. The normalized spacial score (nSPS) is 10.8. The molecular weight excluding hydrogens is 439 g/mol. The minimum atomic E-state index is -0.393. The lowest BCUT2D eigenvalue weighted by atomic mass is 10.2. The fourth-order valence-corrected chi connectivity index (χ4v) is 3.17. The molecule has 0 saturated heterocycles. The average molecular weight is 452 g/mol. The average Bonchev–Trinajstić information content (AvgIpc) is 3.10. The van der Waals surface area contributed by atoms with Crippen LogP contribution in [0.5, 0.6) is 0 Å². The zero-order valence-electron chi connectivity index (χ0n) is 14.2. The van der Waals surface area contributed by atoms with Gasteiger partial charge < -0.3 is 9.73 Å². The molecule has 0 unspecified atom stereocenters. The van der Waals surface area contributed by atoms with Crippen molar-refractivity contribution in [2.24, 2.45) is 0 Å². The van der Waals surface area contributed by atoms with E-state index in [1.807, 2.05) is 0 Å². The van der Waals surface area contributed by atoms with Crippen molar-refractivity contribution in [1.82, 2.24) is 5.32 Å². The van der Waals surface area contributed by atoms with E-state index in [-0.39, 0.29) is 5.11 Å². The Morgan fingerprint density at radius 1 is 0.929 bits per heavy atom. The Hall–Kier alpha value is -2.31. The highest BCUT2D eigenvalue weighted by Crippen LogP contribution is 2.28. The highest BCUT2D eigenvalue weighted by atomic mass is 35.5. The summed E-state index contributed by atoms with van der Waals surface area (Å²) in [5.41, 5.74) is 1.46. The Bertz CT molecular complexity index is 1030. The van der Waals surface area contributed by atoms with Gasteiger partial charge in [0.05, 0.1) is 0 Å². The van der Waals surface area contributed by atoms with Crippen LogP contribution in [0.2, 0.25) is 15.1 Å². The molecule has 0 spiro atoms. The Balaban J connectivity index is 1.59. The Morgan fingerprint density at radius 3 is 2.29 bits per heavy atom. The fraction of sp³-hybridized carbons (Fsp3) is 0. The summed E-state index contributed by atoms with van der Waals surface area (Å²) in [5, 5.41) is 7.25. The minimum absolute atomic E-state index is 0.172. The number of benzene rings is 2. The van der Waals surface area contributed by atoms with Gasteiger partial charge in [-0.3, -0.25) is 10.1 Å². The van der Waals surface area contributed by atoms with Crippen LogP contribution in [0.3, 0.4) is 0 Å². The zero-order chi connectivity index (χ0) is 20.1. The molecule has 0 aliphatic heterocycles. The molecule has 1 heterocycles. The summed E-state index contributed by atoms with van der Waals surface area (Å²) in [6.07, 6.45) is 2.86. The van der Waals surface area contributed by atoms with Crippen molar-refractivity contribution >= 4 is 69.8 Å². The van der Waals surface area contributed by atoms with Crippen molar-refractivity contribution in [3.8, 4) is 11.3 Å². The summed E-state index contributed by atoms with van der Waals surface area (Å²) in [5.74, 6) is 0.692. The van der Waals surface area contributed by atoms with Gasteiger partial charge in [-0.15, -0.1) is 0 Å². The first-order valence-electron chi connectivity index (χ1n) is 8.01.